The molecule has 0 amide bonds. The lowest BCUT2D eigenvalue weighted by molar-refractivity contribution is -0.137. The third kappa shape index (κ3) is 2.84. The zero-order valence-corrected chi connectivity index (χ0v) is 12.0. The quantitative estimate of drug-likeness (QED) is 0.759. The van der Waals surface area contributed by atoms with Crippen molar-refractivity contribution >= 4 is 11.4 Å². The molecule has 0 spiro atoms. The molecule has 22 heavy (non-hydrogen) atoms. The number of halogens is 3. The lowest BCUT2D eigenvalue weighted by Gasteiger charge is -2.24. The molecule has 0 saturated heterocycles. The van der Waals surface area contributed by atoms with Crippen molar-refractivity contribution in [1.29, 1.82) is 0 Å². The molecule has 0 aliphatic carbocycles. The summed E-state index contributed by atoms with van der Waals surface area (Å²) in [6.07, 6.45) is -3.60. The highest BCUT2D eigenvalue weighted by atomic mass is 19.4. The number of benzene rings is 2. The van der Waals surface area contributed by atoms with Crippen molar-refractivity contribution in [3.8, 4) is 0 Å². The Morgan fingerprint density at radius 3 is 2.23 bits per heavy atom. The fourth-order valence-electron chi connectivity index (χ4n) is 2.63. The van der Waals surface area contributed by atoms with Crippen LogP contribution in [0.2, 0.25) is 0 Å². The molecule has 1 aliphatic rings. The molecule has 0 unspecified atom stereocenters. The highest BCUT2D eigenvalue weighted by Gasteiger charge is 2.32. The second kappa shape index (κ2) is 5.48. The standard InChI is InChI=1S/C17H15F3N2/c1-12-11-16(22(21-12)15-5-3-2-4-6-15)13-7-9-14(10-8-13)17(18,19)20/h2-10,16H,11H2,1H3/t16-/m0/s1. The summed E-state index contributed by atoms with van der Waals surface area (Å²) < 4.78 is 38.0. The van der Waals surface area contributed by atoms with Gasteiger partial charge in [-0.1, -0.05) is 30.3 Å². The van der Waals surface area contributed by atoms with E-state index < -0.39 is 11.7 Å². The largest absolute Gasteiger partial charge is 0.416 e. The van der Waals surface area contributed by atoms with Crippen LogP contribution in [0.3, 0.4) is 0 Å². The fourth-order valence-corrected chi connectivity index (χ4v) is 2.63. The Balaban J connectivity index is 1.91. The molecule has 2 aromatic rings. The second-order valence-corrected chi connectivity index (χ2v) is 5.36. The molecule has 0 aromatic heterocycles. The van der Waals surface area contributed by atoms with E-state index in [0.29, 0.717) is 6.42 Å². The number of hydrogen-bond donors (Lipinski definition) is 0. The molecule has 114 valence electrons. The number of hydrogen-bond acceptors (Lipinski definition) is 2. The van der Waals surface area contributed by atoms with Crippen LogP contribution >= 0.6 is 0 Å². The predicted octanol–water partition coefficient (Wildman–Crippen LogP) is 5.03. The van der Waals surface area contributed by atoms with E-state index in [-0.39, 0.29) is 6.04 Å². The SMILES string of the molecule is CC1=NN(c2ccccc2)[C@H](c2ccc(C(F)(F)F)cc2)C1. The maximum Gasteiger partial charge on any atom is 0.416 e. The minimum atomic E-state index is -4.31. The van der Waals surface area contributed by atoms with Gasteiger partial charge in [0.2, 0.25) is 0 Å². The summed E-state index contributed by atoms with van der Waals surface area (Å²) in [7, 11) is 0. The van der Waals surface area contributed by atoms with E-state index in [1.54, 1.807) is 0 Å². The van der Waals surface area contributed by atoms with Crippen molar-refractivity contribution in [1.82, 2.24) is 0 Å². The number of nitrogens with zero attached hydrogens (tertiary/aromatic N) is 2. The van der Waals surface area contributed by atoms with E-state index in [4.69, 9.17) is 0 Å². The van der Waals surface area contributed by atoms with Gasteiger partial charge in [-0.2, -0.15) is 18.3 Å². The molecule has 1 atom stereocenters. The van der Waals surface area contributed by atoms with Crippen molar-refractivity contribution < 1.29 is 13.2 Å². The monoisotopic (exact) mass is 304 g/mol. The summed E-state index contributed by atoms with van der Waals surface area (Å²) in [4.78, 5) is 0. The molecular weight excluding hydrogens is 289 g/mol. The third-order valence-electron chi connectivity index (χ3n) is 3.71. The maximum absolute atomic E-state index is 12.7. The molecule has 0 radical (unpaired) electrons. The summed E-state index contributed by atoms with van der Waals surface area (Å²) >= 11 is 0. The zero-order valence-electron chi connectivity index (χ0n) is 12.0. The minimum absolute atomic E-state index is 0.0651. The van der Waals surface area contributed by atoms with E-state index in [1.807, 2.05) is 42.3 Å². The minimum Gasteiger partial charge on any atom is -0.258 e. The lowest BCUT2D eigenvalue weighted by Crippen LogP contribution is -2.18. The van der Waals surface area contributed by atoms with Crippen LogP contribution in [0.4, 0.5) is 18.9 Å². The van der Waals surface area contributed by atoms with Gasteiger partial charge in [-0.25, -0.2) is 0 Å². The van der Waals surface area contributed by atoms with Gasteiger partial charge in [-0.05, 0) is 36.8 Å². The Labute approximate surface area is 126 Å². The van der Waals surface area contributed by atoms with Crippen LogP contribution in [0.5, 0.6) is 0 Å². The Bertz CT molecular complexity index is 675. The Hall–Kier alpha value is -2.30. The van der Waals surface area contributed by atoms with Crippen LogP contribution in [0, 0.1) is 0 Å². The highest BCUT2D eigenvalue weighted by Crippen LogP contribution is 2.36. The Kier molecular flexibility index (Phi) is 3.64. The van der Waals surface area contributed by atoms with Crippen LogP contribution in [0.25, 0.3) is 0 Å². The van der Waals surface area contributed by atoms with E-state index in [0.717, 1.165) is 29.1 Å². The van der Waals surface area contributed by atoms with Gasteiger partial charge in [0, 0.05) is 12.1 Å². The number of hydrazone groups is 1. The topological polar surface area (TPSA) is 15.6 Å². The van der Waals surface area contributed by atoms with Gasteiger partial charge in [-0.15, -0.1) is 0 Å². The first kappa shape index (κ1) is 14.6. The zero-order chi connectivity index (χ0) is 15.7. The van der Waals surface area contributed by atoms with Gasteiger partial charge in [0.05, 0.1) is 17.3 Å². The van der Waals surface area contributed by atoms with Crippen molar-refractivity contribution in [2.75, 3.05) is 5.01 Å². The molecular formula is C17H15F3N2. The fraction of sp³-hybridized carbons (Fsp3) is 0.235. The lowest BCUT2D eigenvalue weighted by atomic mass is 10.0. The summed E-state index contributed by atoms with van der Waals surface area (Å²) in [5.41, 5.74) is 2.11. The van der Waals surface area contributed by atoms with Crippen LogP contribution in [0.1, 0.15) is 30.5 Å². The van der Waals surface area contributed by atoms with E-state index in [1.165, 1.54) is 12.1 Å². The van der Waals surface area contributed by atoms with Crippen molar-refractivity contribution in [2.45, 2.75) is 25.6 Å². The molecule has 0 N–H and O–H groups in total. The van der Waals surface area contributed by atoms with Gasteiger partial charge in [0.1, 0.15) is 0 Å². The molecule has 5 heteroatoms. The van der Waals surface area contributed by atoms with E-state index in [9.17, 15) is 13.2 Å². The number of rotatable bonds is 2. The van der Waals surface area contributed by atoms with Crippen LogP contribution in [-0.2, 0) is 6.18 Å². The molecule has 0 fully saturated rings. The van der Waals surface area contributed by atoms with Gasteiger partial charge in [-0.3, -0.25) is 5.01 Å². The third-order valence-corrected chi connectivity index (χ3v) is 3.71. The van der Waals surface area contributed by atoms with Gasteiger partial charge in [0.15, 0.2) is 0 Å². The number of para-hydroxylation sites is 1. The van der Waals surface area contributed by atoms with Crippen LogP contribution in [-0.4, -0.2) is 5.71 Å². The van der Waals surface area contributed by atoms with Gasteiger partial charge >= 0.3 is 6.18 Å². The first-order valence-electron chi connectivity index (χ1n) is 7.00. The van der Waals surface area contributed by atoms with Crippen molar-refractivity contribution in [3.63, 3.8) is 0 Å². The normalized spacial score (nSPS) is 18.5. The maximum atomic E-state index is 12.7. The van der Waals surface area contributed by atoms with Gasteiger partial charge < -0.3 is 0 Å². The molecule has 0 saturated carbocycles. The average molecular weight is 304 g/mol. The molecule has 1 aliphatic heterocycles. The summed E-state index contributed by atoms with van der Waals surface area (Å²) in [5, 5.41) is 6.39. The smallest absolute Gasteiger partial charge is 0.258 e. The first-order valence-corrected chi connectivity index (χ1v) is 7.00. The molecule has 2 nitrogen and oxygen atoms in total. The van der Waals surface area contributed by atoms with Crippen LogP contribution in [0.15, 0.2) is 59.7 Å². The second-order valence-electron chi connectivity index (χ2n) is 5.36. The summed E-state index contributed by atoms with van der Waals surface area (Å²) in [5.74, 6) is 0. The summed E-state index contributed by atoms with van der Waals surface area (Å²) in [6, 6.07) is 14.9. The van der Waals surface area contributed by atoms with Crippen molar-refractivity contribution in [2.24, 2.45) is 5.10 Å². The molecule has 2 aromatic carbocycles. The summed E-state index contributed by atoms with van der Waals surface area (Å²) in [6.45, 7) is 1.93. The highest BCUT2D eigenvalue weighted by molar-refractivity contribution is 5.86. The Morgan fingerprint density at radius 1 is 1.00 bits per heavy atom. The number of alkyl halides is 3. The molecule has 3 rings (SSSR count). The first-order chi connectivity index (χ1) is 10.4. The van der Waals surface area contributed by atoms with Crippen LogP contribution < -0.4 is 5.01 Å². The van der Waals surface area contributed by atoms with E-state index >= 15 is 0 Å². The predicted molar refractivity (Wildman–Crippen MR) is 80.8 cm³/mol. The van der Waals surface area contributed by atoms with Gasteiger partial charge in [0.25, 0.3) is 0 Å². The Morgan fingerprint density at radius 2 is 1.64 bits per heavy atom. The average Bonchev–Trinajstić information content (AvgIpc) is 2.89. The molecule has 1 heterocycles. The molecule has 0 bridgehead atoms. The van der Waals surface area contributed by atoms with Crippen molar-refractivity contribution in [3.05, 3.63) is 65.7 Å². The number of anilines is 1. The van der Waals surface area contributed by atoms with E-state index in [2.05, 4.69) is 5.10 Å².